The standard InChI is InChI=1S/C63H63N3O/c1-39(2)51-19-15-20-52(40(3)4)58(51)44-27-29-50(30-28-44)66-57-22-16-21-53(59(57)65-61(66)54-37-49(62(6,7)8)38-55(60(54)67)63(9,10)11)47-33-46(42-17-13-12-14-18-42)34-48(35-47)56-36-45(31-32-64-56)43-25-23-41(5)24-26-43/h12-40,67H,1-11H3/i39D,40D. The van der Waals surface area contributed by atoms with E-state index in [2.05, 4.69) is 186 Å². The summed E-state index contributed by atoms with van der Waals surface area (Å²) in [5.74, 6) is -0.937. The van der Waals surface area contributed by atoms with Crippen molar-refractivity contribution in [1.29, 1.82) is 0 Å². The molecule has 0 atom stereocenters. The maximum absolute atomic E-state index is 12.5. The van der Waals surface area contributed by atoms with Crippen LogP contribution >= 0.6 is 0 Å². The second-order valence-corrected chi connectivity index (χ2v) is 20.6. The molecule has 0 amide bonds. The van der Waals surface area contributed by atoms with Crippen molar-refractivity contribution >= 4 is 11.0 Å². The van der Waals surface area contributed by atoms with Crippen LogP contribution in [-0.2, 0) is 10.8 Å². The average Bonchev–Trinajstić information content (AvgIpc) is 3.70. The van der Waals surface area contributed by atoms with Gasteiger partial charge in [0.05, 0.1) is 22.3 Å². The number of hydrogen-bond acceptors (Lipinski definition) is 3. The molecule has 0 saturated heterocycles. The molecule has 7 aromatic carbocycles. The Morgan fingerprint density at radius 3 is 1.79 bits per heavy atom. The summed E-state index contributed by atoms with van der Waals surface area (Å²) in [5, 5.41) is 12.5. The van der Waals surface area contributed by atoms with E-state index in [1.165, 1.54) is 5.56 Å². The summed E-state index contributed by atoms with van der Waals surface area (Å²) in [6.45, 7) is 22.8. The summed E-state index contributed by atoms with van der Waals surface area (Å²) in [6.07, 6.45) is 1.89. The van der Waals surface area contributed by atoms with Crippen molar-refractivity contribution in [2.45, 2.75) is 98.8 Å². The molecule has 0 radical (unpaired) electrons. The van der Waals surface area contributed by atoms with Crippen molar-refractivity contribution in [3.05, 3.63) is 192 Å². The number of phenolic OH excluding ortho intramolecular Hbond substituents is 1. The van der Waals surface area contributed by atoms with Crippen LogP contribution in [0.1, 0.15) is 112 Å². The molecule has 2 heterocycles. The number of imidazole rings is 1. The highest BCUT2D eigenvalue weighted by atomic mass is 16.3. The Balaban J connectivity index is 1.31. The normalized spacial score (nSPS) is 12.9. The van der Waals surface area contributed by atoms with Gasteiger partial charge in [-0.05, 0) is 140 Å². The van der Waals surface area contributed by atoms with E-state index in [1.54, 1.807) is 0 Å². The molecule has 0 aliphatic rings. The van der Waals surface area contributed by atoms with Crippen LogP contribution in [0.2, 0.25) is 0 Å². The fraction of sp³-hybridized carbons (Fsp3) is 0.238. The number of nitrogens with zero attached hydrogens (tertiary/aromatic N) is 3. The molecule has 0 aliphatic carbocycles. The van der Waals surface area contributed by atoms with Crippen molar-refractivity contribution in [2.24, 2.45) is 0 Å². The van der Waals surface area contributed by atoms with Gasteiger partial charge in [0.15, 0.2) is 0 Å². The van der Waals surface area contributed by atoms with Crippen molar-refractivity contribution < 1.29 is 7.85 Å². The van der Waals surface area contributed by atoms with Crippen LogP contribution in [0.25, 0.3) is 83.9 Å². The predicted molar refractivity (Wildman–Crippen MR) is 283 cm³/mol. The zero-order chi connectivity index (χ0) is 49.2. The highest BCUT2D eigenvalue weighted by Gasteiger charge is 2.29. The average molecular weight is 880 g/mol. The molecule has 0 fully saturated rings. The van der Waals surface area contributed by atoms with E-state index in [9.17, 15) is 5.11 Å². The van der Waals surface area contributed by atoms with Crippen LogP contribution in [0.4, 0.5) is 0 Å². The van der Waals surface area contributed by atoms with Crippen molar-refractivity contribution in [3.8, 4) is 78.6 Å². The molecule has 0 spiro atoms. The van der Waals surface area contributed by atoms with Crippen molar-refractivity contribution in [1.82, 2.24) is 14.5 Å². The number of rotatable bonds is 9. The summed E-state index contributed by atoms with van der Waals surface area (Å²) in [6, 6.07) is 55.1. The minimum absolute atomic E-state index is 0.215. The zero-order valence-corrected chi connectivity index (χ0v) is 40.9. The second-order valence-electron chi connectivity index (χ2n) is 20.6. The van der Waals surface area contributed by atoms with Gasteiger partial charge in [0.1, 0.15) is 11.6 Å². The van der Waals surface area contributed by atoms with Gasteiger partial charge in [0, 0.05) is 31.3 Å². The number of aryl methyl sites for hydroxylation is 1. The Kier molecular flexibility index (Phi) is 11.2. The highest BCUT2D eigenvalue weighted by molar-refractivity contribution is 5.98. The lowest BCUT2D eigenvalue weighted by Gasteiger charge is -2.27. The Hall–Kier alpha value is -7.04. The Labute approximate surface area is 400 Å². The van der Waals surface area contributed by atoms with E-state index in [1.807, 2.05) is 58.2 Å². The van der Waals surface area contributed by atoms with Gasteiger partial charge < -0.3 is 5.11 Å². The summed E-state index contributed by atoms with van der Waals surface area (Å²) >= 11 is 0. The number of phenols is 1. The SMILES string of the molecule is [2H]C(C)(C)c1cccc(C([2H])(C)C)c1-c1ccc(-n2c(-c3cc(C(C)(C)C)cc(C(C)(C)C)c3O)nc3c(-c4cc(-c5ccccc5)cc(-c5cc(-c6ccc(C)cc6)ccn5)c4)cccc32)cc1. The van der Waals surface area contributed by atoms with Gasteiger partial charge in [-0.3, -0.25) is 9.55 Å². The van der Waals surface area contributed by atoms with Crippen LogP contribution in [0.15, 0.2) is 164 Å². The molecular formula is C63H63N3O. The van der Waals surface area contributed by atoms with E-state index in [-0.39, 0.29) is 16.6 Å². The third kappa shape index (κ3) is 8.86. The maximum atomic E-state index is 12.5. The van der Waals surface area contributed by atoms with Crippen molar-refractivity contribution in [2.75, 3.05) is 0 Å². The molecule has 1 N–H and O–H groups in total. The monoisotopic (exact) mass is 880 g/mol. The molecule has 2 aromatic heterocycles. The van der Waals surface area contributed by atoms with E-state index in [0.717, 1.165) is 94.7 Å². The Morgan fingerprint density at radius 1 is 0.537 bits per heavy atom. The first kappa shape index (κ1) is 42.6. The van der Waals surface area contributed by atoms with Gasteiger partial charge in [0.2, 0.25) is 0 Å². The number of pyridine rings is 1. The predicted octanol–water partition coefficient (Wildman–Crippen LogP) is 17.3. The molecule has 67 heavy (non-hydrogen) atoms. The largest absolute Gasteiger partial charge is 0.507 e. The lowest BCUT2D eigenvalue weighted by atomic mass is 9.79. The molecule has 0 unspecified atom stereocenters. The maximum Gasteiger partial charge on any atom is 0.149 e. The minimum atomic E-state index is -0.891. The number of hydrogen-bond donors (Lipinski definition) is 1. The smallest absolute Gasteiger partial charge is 0.149 e. The van der Waals surface area contributed by atoms with E-state index in [0.29, 0.717) is 11.4 Å². The first-order valence-corrected chi connectivity index (χ1v) is 23.5. The van der Waals surface area contributed by atoms with E-state index < -0.39 is 11.8 Å². The van der Waals surface area contributed by atoms with Gasteiger partial charge in [-0.1, -0.05) is 178 Å². The molecular weight excluding hydrogens is 815 g/mol. The molecule has 4 heteroatoms. The lowest BCUT2D eigenvalue weighted by molar-refractivity contribution is 0.446. The summed E-state index contributed by atoms with van der Waals surface area (Å²) in [7, 11) is 0. The minimum Gasteiger partial charge on any atom is -0.507 e. The number of fused-ring (bicyclic) bond motifs is 1. The van der Waals surface area contributed by atoms with Gasteiger partial charge in [-0.2, -0.15) is 0 Å². The first-order valence-electron chi connectivity index (χ1n) is 24.5. The molecule has 9 rings (SSSR count). The summed E-state index contributed by atoms with van der Waals surface area (Å²) < 4.78 is 20.5. The summed E-state index contributed by atoms with van der Waals surface area (Å²) in [5.41, 5.74) is 17.6. The molecule has 9 aromatic rings. The lowest BCUT2D eigenvalue weighted by Crippen LogP contribution is -2.17. The molecule has 4 nitrogen and oxygen atoms in total. The highest BCUT2D eigenvalue weighted by Crippen LogP contribution is 2.45. The third-order valence-electron chi connectivity index (χ3n) is 13.1. The van der Waals surface area contributed by atoms with Crippen LogP contribution < -0.4 is 0 Å². The fourth-order valence-electron chi connectivity index (χ4n) is 9.30. The van der Waals surface area contributed by atoms with Crippen LogP contribution in [0, 0.1) is 6.92 Å². The van der Waals surface area contributed by atoms with Gasteiger partial charge in [-0.25, -0.2) is 4.98 Å². The van der Waals surface area contributed by atoms with Gasteiger partial charge >= 0.3 is 0 Å². The Morgan fingerprint density at radius 2 is 1.15 bits per heavy atom. The first-order chi connectivity index (χ1) is 32.6. The van der Waals surface area contributed by atoms with E-state index in [4.69, 9.17) is 12.7 Å². The topological polar surface area (TPSA) is 50.9 Å². The number of aromatic nitrogens is 3. The van der Waals surface area contributed by atoms with Crippen LogP contribution in [-0.4, -0.2) is 19.6 Å². The van der Waals surface area contributed by atoms with Gasteiger partial charge in [-0.15, -0.1) is 0 Å². The third-order valence-corrected chi connectivity index (χ3v) is 13.1. The zero-order valence-electron chi connectivity index (χ0n) is 42.9. The number of para-hydroxylation sites is 1. The van der Waals surface area contributed by atoms with E-state index >= 15 is 0 Å². The number of aromatic hydroxyl groups is 1. The molecule has 0 saturated carbocycles. The summed E-state index contributed by atoms with van der Waals surface area (Å²) in [4.78, 5) is 10.6. The van der Waals surface area contributed by atoms with Crippen molar-refractivity contribution in [3.63, 3.8) is 0 Å². The number of benzene rings is 7. The molecule has 336 valence electrons. The van der Waals surface area contributed by atoms with Gasteiger partial charge in [0.25, 0.3) is 0 Å². The second kappa shape index (κ2) is 17.6. The fourth-order valence-corrected chi connectivity index (χ4v) is 9.30. The molecule has 0 bridgehead atoms. The quantitative estimate of drug-likeness (QED) is 0.157. The van der Waals surface area contributed by atoms with Crippen LogP contribution in [0.5, 0.6) is 5.75 Å². The van der Waals surface area contributed by atoms with Crippen LogP contribution in [0.3, 0.4) is 0 Å². The Bertz CT molecular complexity index is 3320. The molecule has 0 aliphatic heterocycles.